The minimum absolute atomic E-state index is 0.591. The predicted octanol–water partition coefficient (Wildman–Crippen LogP) is 4.01. The van der Waals surface area contributed by atoms with Gasteiger partial charge in [0.25, 0.3) is 0 Å². The first kappa shape index (κ1) is 18.4. The molecule has 0 aliphatic rings. The smallest absolute Gasteiger partial charge is 0.210 e. The van der Waals surface area contributed by atoms with Crippen LogP contribution in [-0.4, -0.2) is 28.6 Å². The molecule has 26 heavy (non-hydrogen) atoms. The van der Waals surface area contributed by atoms with Crippen LogP contribution in [0.2, 0.25) is 5.02 Å². The van der Waals surface area contributed by atoms with Crippen molar-refractivity contribution in [3.05, 3.63) is 53.1 Å². The van der Waals surface area contributed by atoms with Gasteiger partial charge in [-0.3, -0.25) is 0 Å². The van der Waals surface area contributed by atoms with E-state index in [4.69, 9.17) is 26.9 Å². The van der Waals surface area contributed by atoms with E-state index in [1.54, 1.807) is 13.2 Å². The van der Waals surface area contributed by atoms with E-state index >= 15 is 0 Å². The molecule has 0 amide bonds. The fraction of sp³-hybridized carbons (Fsp3) is 0.222. The molecule has 6 nitrogen and oxygen atoms in total. The van der Waals surface area contributed by atoms with E-state index in [1.165, 1.54) is 16.4 Å². The summed E-state index contributed by atoms with van der Waals surface area (Å²) in [4.78, 5) is 0. The summed E-state index contributed by atoms with van der Waals surface area (Å²) in [7, 11) is 1.63. The maximum absolute atomic E-state index is 6.18. The SMILES string of the molecule is CCOc1ccc(-c2nnc(SCc3cc(Cl)ccc3OC)n2N)cc1. The molecular formula is C18H19ClN4O2S. The number of hydrogen-bond donors (Lipinski definition) is 1. The Balaban J connectivity index is 1.76. The summed E-state index contributed by atoms with van der Waals surface area (Å²) in [5.41, 5.74) is 1.84. The molecule has 3 rings (SSSR count). The van der Waals surface area contributed by atoms with Crippen LogP contribution in [0.5, 0.6) is 11.5 Å². The van der Waals surface area contributed by atoms with Crippen LogP contribution < -0.4 is 15.3 Å². The molecule has 0 aliphatic heterocycles. The number of nitrogen functional groups attached to an aromatic ring is 1. The zero-order chi connectivity index (χ0) is 18.5. The summed E-state index contributed by atoms with van der Waals surface area (Å²) in [5.74, 6) is 8.97. The van der Waals surface area contributed by atoms with E-state index in [0.717, 1.165) is 22.6 Å². The van der Waals surface area contributed by atoms with Gasteiger partial charge in [0, 0.05) is 21.9 Å². The summed E-state index contributed by atoms with van der Waals surface area (Å²) in [6.45, 7) is 2.57. The third-order valence-electron chi connectivity index (χ3n) is 3.69. The largest absolute Gasteiger partial charge is 0.496 e. The second-order valence-corrected chi connectivity index (χ2v) is 6.76. The Hall–Kier alpha value is -2.38. The van der Waals surface area contributed by atoms with Crippen molar-refractivity contribution in [2.45, 2.75) is 17.8 Å². The summed E-state index contributed by atoms with van der Waals surface area (Å²) in [6, 6.07) is 13.1. The van der Waals surface area contributed by atoms with Gasteiger partial charge >= 0.3 is 0 Å². The molecule has 3 aromatic rings. The van der Waals surface area contributed by atoms with Crippen molar-refractivity contribution in [1.82, 2.24) is 14.9 Å². The predicted molar refractivity (Wildman–Crippen MR) is 104 cm³/mol. The van der Waals surface area contributed by atoms with Crippen LogP contribution in [-0.2, 0) is 5.75 Å². The highest BCUT2D eigenvalue weighted by Crippen LogP contribution is 2.30. The van der Waals surface area contributed by atoms with Gasteiger partial charge in [0.1, 0.15) is 11.5 Å². The standard InChI is InChI=1S/C18H19ClN4O2S/c1-3-25-15-7-4-12(5-8-15)17-21-22-18(23(17)20)26-11-13-10-14(19)6-9-16(13)24-2/h4-10H,3,11,20H2,1-2H3. The summed E-state index contributed by atoms with van der Waals surface area (Å²) < 4.78 is 12.3. The topological polar surface area (TPSA) is 75.2 Å². The average molecular weight is 391 g/mol. The van der Waals surface area contributed by atoms with E-state index in [-0.39, 0.29) is 0 Å². The molecule has 0 spiro atoms. The molecule has 0 fully saturated rings. The zero-order valence-electron chi connectivity index (χ0n) is 14.5. The minimum atomic E-state index is 0.591. The molecule has 2 N–H and O–H groups in total. The number of benzene rings is 2. The Morgan fingerprint density at radius 1 is 1.15 bits per heavy atom. The number of ether oxygens (including phenoxy) is 2. The molecule has 0 bridgehead atoms. The summed E-state index contributed by atoms with van der Waals surface area (Å²) >= 11 is 7.54. The minimum Gasteiger partial charge on any atom is -0.496 e. The molecule has 136 valence electrons. The third kappa shape index (κ3) is 4.05. The molecule has 0 saturated heterocycles. The van der Waals surface area contributed by atoms with E-state index in [9.17, 15) is 0 Å². The molecule has 0 aliphatic carbocycles. The van der Waals surface area contributed by atoms with Crippen LogP contribution in [0.25, 0.3) is 11.4 Å². The molecule has 0 unspecified atom stereocenters. The first-order valence-corrected chi connectivity index (χ1v) is 9.37. The van der Waals surface area contributed by atoms with Crippen LogP contribution in [0.4, 0.5) is 0 Å². The number of nitrogens with two attached hydrogens (primary N) is 1. The van der Waals surface area contributed by atoms with Crippen LogP contribution in [0, 0.1) is 0 Å². The fourth-order valence-corrected chi connectivity index (χ4v) is 3.47. The highest BCUT2D eigenvalue weighted by Gasteiger charge is 2.14. The van der Waals surface area contributed by atoms with Crippen LogP contribution in [0.15, 0.2) is 47.6 Å². The quantitative estimate of drug-likeness (QED) is 0.485. The van der Waals surface area contributed by atoms with Crippen molar-refractivity contribution < 1.29 is 9.47 Å². The van der Waals surface area contributed by atoms with Crippen LogP contribution in [0.3, 0.4) is 0 Å². The van der Waals surface area contributed by atoms with Gasteiger partial charge in [-0.2, -0.15) is 0 Å². The van der Waals surface area contributed by atoms with Gasteiger partial charge in [-0.15, -0.1) is 10.2 Å². The molecule has 0 radical (unpaired) electrons. The number of thioether (sulfide) groups is 1. The number of halogens is 1. The van der Waals surface area contributed by atoms with Crippen molar-refractivity contribution in [2.75, 3.05) is 19.6 Å². The first-order chi connectivity index (χ1) is 12.6. The first-order valence-electron chi connectivity index (χ1n) is 8.01. The van der Waals surface area contributed by atoms with Crippen LogP contribution in [0.1, 0.15) is 12.5 Å². The van der Waals surface area contributed by atoms with E-state index in [2.05, 4.69) is 10.2 Å². The van der Waals surface area contributed by atoms with Gasteiger partial charge in [-0.05, 0) is 49.4 Å². The Morgan fingerprint density at radius 3 is 2.62 bits per heavy atom. The molecule has 2 aromatic carbocycles. The van der Waals surface area contributed by atoms with Gasteiger partial charge < -0.3 is 15.3 Å². The van der Waals surface area contributed by atoms with Gasteiger partial charge in [0.05, 0.1) is 13.7 Å². The van der Waals surface area contributed by atoms with E-state index in [0.29, 0.717) is 28.4 Å². The number of rotatable bonds is 7. The second kappa shape index (κ2) is 8.33. The van der Waals surface area contributed by atoms with Gasteiger partial charge in [0.15, 0.2) is 5.82 Å². The molecule has 1 aromatic heterocycles. The van der Waals surface area contributed by atoms with E-state index < -0.39 is 0 Å². The lowest BCUT2D eigenvalue weighted by Crippen LogP contribution is -2.11. The van der Waals surface area contributed by atoms with Crippen molar-refractivity contribution in [2.24, 2.45) is 0 Å². The lowest BCUT2D eigenvalue weighted by molar-refractivity contribution is 0.340. The Bertz CT molecular complexity index is 883. The van der Waals surface area contributed by atoms with Crippen molar-refractivity contribution in [3.8, 4) is 22.9 Å². The lowest BCUT2D eigenvalue weighted by Gasteiger charge is -2.09. The number of methoxy groups -OCH3 is 1. The monoisotopic (exact) mass is 390 g/mol. The van der Waals surface area contributed by atoms with Gasteiger partial charge in [-0.25, -0.2) is 4.68 Å². The van der Waals surface area contributed by atoms with Gasteiger partial charge in [0.2, 0.25) is 5.16 Å². The maximum atomic E-state index is 6.18. The van der Waals surface area contributed by atoms with E-state index in [1.807, 2.05) is 43.3 Å². The van der Waals surface area contributed by atoms with Crippen molar-refractivity contribution in [1.29, 1.82) is 0 Å². The fourth-order valence-electron chi connectivity index (χ4n) is 2.44. The third-order valence-corrected chi connectivity index (χ3v) is 4.91. The zero-order valence-corrected chi connectivity index (χ0v) is 16.0. The number of hydrogen-bond acceptors (Lipinski definition) is 6. The second-order valence-electron chi connectivity index (χ2n) is 5.38. The number of nitrogens with zero attached hydrogens (tertiary/aromatic N) is 3. The molecule has 0 saturated carbocycles. The Morgan fingerprint density at radius 2 is 1.92 bits per heavy atom. The molecule has 8 heteroatoms. The normalized spacial score (nSPS) is 10.7. The molecule has 0 atom stereocenters. The maximum Gasteiger partial charge on any atom is 0.210 e. The molecule has 1 heterocycles. The van der Waals surface area contributed by atoms with Crippen molar-refractivity contribution in [3.63, 3.8) is 0 Å². The van der Waals surface area contributed by atoms with Crippen molar-refractivity contribution >= 4 is 23.4 Å². The average Bonchev–Trinajstić information content (AvgIpc) is 3.01. The van der Waals surface area contributed by atoms with Gasteiger partial charge in [-0.1, -0.05) is 23.4 Å². The highest BCUT2D eigenvalue weighted by atomic mass is 35.5. The highest BCUT2D eigenvalue weighted by molar-refractivity contribution is 7.98. The molecular weight excluding hydrogens is 372 g/mol. The summed E-state index contributed by atoms with van der Waals surface area (Å²) in [6.07, 6.45) is 0. The van der Waals surface area contributed by atoms with Crippen LogP contribution >= 0.6 is 23.4 Å². The Kier molecular flexibility index (Phi) is 5.90. The number of aromatic nitrogens is 3. The lowest BCUT2D eigenvalue weighted by atomic mass is 10.2. The summed E-state index contributed by atoms with van der Waals surface area (Å²) in [5, 5.41) is 9.66. The Labute approximate surface area is 161 Å².